The number of carbonyl (C=O) groups is 3. The van der Waals surface area contributed by atoms with Gasteiger partial charge in [-0.1, -0.05) is 12.1 Å². The molecule has 0 saturated carbocycles. The van der Waals surface area contributed by atoms with Crippen molar-refractivity contribution in [3.63, 3.8) is 0 Å². The summed E-state index contributed by atoms with van der Waals surface area (Å²) in [5.41, 5.74) is 1.11. The minimum atomic E-state index is -0.687. The van der Waals surface area contributed by atoms with Gasteiger partial charge in [0.05, 0.1) is 32.4 Å². The Labute approximate surface area is 169 Å². The summed E-state index contributed by atoms with van der Waals surface area (Å²) >= 11 is 0. The molecule has 29 heavy (non-hydrogen) atoms. The lowest BCUT2D eigenvalue weighted by molar-refractivity contribution is -0.125. The molecule has 0 spiro atoms. The van der Waals surface area contributed by atoms with Crippen LogP contribution in [0.25, 0.3) is 0 Å². The topological polar surface area (TPSA) is 97.4 Å². The fourth-order valence-electron chi connectivity index (χ4n) is 3.41. The van der Waals surface area contributed by atoms with Crippen molar-refractivity contribution in [1.29, 1.82) is 0 Å². The van der Waals surface area contributed by atoms with Gasteiger partial charge in [-0.15, -0.1) is 0 Å². The van der Waals surface area contributed by atoms with E-state index in [9.17, 15) is 14.4 Å². The monoisotopic (exact) mass is 405 g/mol. The summed E-state index contributed by atoms with van der Waals surface area (Å²) < 4.78 is 15.1. The molecule has 0 aromatic heterocycles. The fraction of sp³-hybridized carbons (Fsp3) is 0.550. The van der Waals surface area contributed by atoms with Gasteiger partial charge in [0.2, 0.25) is 5.91 Å². The number of esters is 1. The van der Waals surface area contributed by atoms with Crippen molar-refractivity contribution in [2.45, 2.75) is 19.0 Å². The van der Waals surface area contributed by atoms with Crippen LogP contribution >= 0.6 is 0 Å². The van der Waals surface area contributed by atoms with Crippen molar-refractivity contribution in [3.8, 4) is 0 Å². The fourth-order valence-corrected chi connectivity index (χ4v) is 3.41. The number of carbonyl (C=O) groups excluding carboxylic acids is 3. The van der Waals surface area contributed by atoms with Gasteiger partial charge in [0.1, 0.15) is 12.6 Å². The number of nitrogens with zero attached hydrogens (tertiary/aromatic N) is 2. The molecule has 1 aromatic rings. The van der Waals surface area contributed by atoms with Gasteiger partial charge < -0.3 is 19.5 Å². The Kier molecular flexibility index (Phi) is 7.42. The van der Waals surface area contributed by atoms with Gasteiger partial charge >= 0.3 is 12.1 Å². The minimum absolute atomic E-state index is 0.0187. The van der Waals surface area contributed by atoms with Gasteiger partial charge in [-0.3, -0.25) is 14.6 Å². The molecule has 3 rings (SSSR count). The van der Waals surface area contributed by atoms with Gasteiger partial charge in [0.25, 0.3) is 0 Å². The largest absolute Gasteiger partial charge is 0.465 e. The Bertz CT molecular complexity index is 735. The van der Waals surface area contributed by atoms with Crippen molar-refractivity contribution >= 4 is 18.0 Å². The molecular weight excluding hydrogens is 378 g/mol. The van der Waals surface area contributed by atoms with Crippen LogP contribution in [-0.2, 0) is 25.5 Å². The van der Waals surface area contributed by atoms with Crippen LogP contribution in [0.2, 0.25) is 0 Å². The summed E-state index contributed by atoms with van der Waals surface area (Å²) in [6, 6.07) is 6.09. The highest BCUT2D eigenvalue weighted by molar-refractivity contribution is 5.90. The molecule has 2 aliphatic heterocycles. The van der Waals surface area contributed by atoms with Gasteiger partial charge in [-0.05, 0) is 30.7 Å². The lowest BCUT2D eigenvalue weighted by Gasteiger charge is -2.26. The average Bonchev–Trinajstić information content (AvgIpc) is 3.11. The Morgan fingerprint density at radius 3 is 2.83 bits per heavy atom. The van der Waals surface area contributed by atoms with Crippen molar-refractivity contribution < 1.29 is 28.6 Å². The first-order chi connectivity index (χ1) is 14.1. The highest BCUT2D eigenvalue weighted by atomic mass is 16.6. The van der Waals surface area contributed by atoms with Crippen molar-refractivity contribution in [2.75, 3.05) is 53.1 Å². The normalized spacial score (nSPS) is 19.7. The third-order valence-electron chi connectivity index (χ3n) is 5.03. The second kappa shape index (κ2) is 10.2. The number of hydrogen-bond donors (Lipinski definition) is 1. The molecule has 2 heterocycles. The molecular formula is C20H27N3O6. The quantitative estimate of drug-likeness (QED) is 0.500. The van der Waals surface area contributed by atoms with E-state index in [1.807, 2.05) is 0 Å². The molecule has 2 aliphatic rings. The zero-order chi connectivity index (χ0) is 20.6. The molecule has 0 aliphatic carbocycles. The Morgan fingerprint density at radius 2 is 2.07 bits per heavy atom. The molecule has 9 nitrogen and oxygen atoms in total. The molecule has 9 heteroatoms. The molecule has 2 saturated heterocycles. The molecule has 0 unspecified atom stereocenters. The maximum atomic E-state index is 12.6. The highest BCUT2D eigenvalue weighted by Crippen LogP contribution is 2.18. The number of rotatable bonds is 8. The minimum Gasteiger partial charge on any atom is -0.465 e. The van der Waals surface area contributed by atoms with Crippen LogP contribution in [0.4, 0.5) is 4.79 Å². The van der Waals surface area contributed by atoms with E-state index >= 15 is 0 Å². The molecule has 2 fully saturated rings. The van der Waals surface area contributed by atoms with Gasteiger partial charge in [0.15, 0.2) is 0 Å². The van der Waals surface area contributed by atoms with E-state index in [1.165, 1.54) is 12.0 Å². The van der Waals surface area contributed by atoms with Crippen molar-refractivity contribution in [1.82, 2.24) is 15.1 Å². The van der Waals surface area contributed by atoms with E-state index in [-0.39, 0.29) is 19.1 Å². The molecule has 1 atom stereocenters. The molecule has 0 bridgehead atoms. The SMILES string of the molecule is COC(=O)c1cccc(CN2C(=O)OC[C@H]2C(=O)NCCCN2CCOCC2)c1. The van der Waals surface area contributed by atoms with Crippen LogP contribution in [0.15, 0.2) is 24.3 Å². The van der Waals surface area contributed by atoms with Crippen LogP contribution in [0, 0.1) is 0 Å². The Morgan fingerprint density at radius 1 is 1.28 bits per heavy atom. The number of nitrogens with one attached hydrogen (secondary N) is 1. The van der Waals surface area contributed by atoms with E-state index in [4.69, 9.17) is 14.2 Å². The third kappa shape index (κ3) is 5.68. The second-order valence-corrected chi connectivity index (χ2v) is 7.01. The Hall–Kier alpha value is -2.65. The summed E-state index contributed by atoms with van der Waals surface area (Å²) in [6.07, 6.45) is 0.288. The maximum Gasteiger partial charge on any atom is 0.410 e. The zero-order valence-corrected chi connectivity index (χ0v) is 16.6. The number of cyclic esters (lactones) is 1. The third-order valence-corrected chi connectivity index (χ3v) is 5.03. The van der Waals surface area contributed by atoms with E-state index in [2.05, 4.69) is 10.2 Å². The first-order valence-corrected chi connectivity index (χ1v) is 9.77. The van der Waals surface area contributed by atoms with Gasteiger partial charge in [-0.25, -0.2) is 9.59 Å². The maximum absolute atomic E-state index is 12.6. The first-order valence-electron chi connectivity index (χ1n) is 9.77. The van der Waals surface area contributed by atoms with E-state index in [0.717, 1.165) is 44.8 Å². The van der Waals surface area contributed by atoms with Gasteiger partial charge in [-0.2, -0.15) is 0 Å². The lowest BCUT2D eigenvalue weighted by Crippen LogP contribution is -2.46. The summed E-state index contributed by atoms with van der Waals surface area (Å²) in [4.78, 5) is 40.1. The van der Waals surface area contributed by atoms with Crippen LogP contribution < -0.4 is 5.32 Å². The number of ether oxygens (including phenoxy) is 3. The first kappa shape index (κ1) is 21.1. The van der Waals surface area contributed by atoms with E-state index < -0.39 is 18.1 Å². The molecule has 2 amide bonds. The summed E-state index contributed by atoms with van der Waals surface area (Å²) in [6.45, 7) is 4.95. The zero-order valence-electron chi connectivity index (χ0n) is 16.6. The molecule has 1 N–H and O–H groups in total. The van der Waals surface area contributed by atoms with Crippen molar-refractivity contribution in [3.05, 3.63) is 35.4 Å². The van der Waals surface area contributed by atoms with Gasteiger partial charge in [0, 0.05) is 19.6 Å². The van der Waals surface area contributed by atoms with E-state index in [0.29, 0.717) is 12.1 Å². The predicted molar refractivity (Wildman–Crippen MR) is 103 cm³/mol. The smallest absolute Gasteiger partial charge is 0.410 e. The number of benzene rings is 1. The number of hydrogen-bond acceptors (Lipinski definition) is 7. The predicted octanol–water partition coefficient (Wildman–Crippen LogP) is 0.633. The number of morpholine rings is 1. The average molecular weight is 405 g/mol. The Balaban J connectivity index is 1.51. The molecule has 158 valence electrons. The highest BCUT2D eigenvalue weighted by Gasteiger charge is 2.37. The van der Waals surface area contributed by atoms with E-state index in [1.54, 1.807) is 24.3 Å². The molecule has 0 radical (unpaired) electrons. The standard InChI is InChI=1S/C20H27N3O6/c1-27-19(25)16-5-2-4-15(12-16)13-23-17(14-29-20(23)26)18(24)21-6-3-7-22-8-10-28-11-9-22/h2,4-5,12,17H,3,6-11,13-14H2,1H3,(H,21,24)/t17-/m0/s1. The second-order valence-electron chi connectivity index (χ2n) is 7.01. The summed E-state index contributed by atoms with van der Waals surface area (Å²) in [7, 11) is 1.31. The number of amides is 2. The lowest BCUT2D eigenvalue weighted by atomic mass is 10.1. The van der Waals surface area contributed by atoms with Crippen LogP contribution in [0.3, 0.4) is 0 Å². The summed E-state index contributed by atoms with van der Waals surface area (Å²) in [5.74, 6) is -0.688. The molecule has 1 aromatic carbocycles. The van der Waals surface area contributed by atoms with Crippen LogP contribution in [-0.4, -0.2) is 86.9 Å². The van der Waals surface area contributed by atoms with Crippen LogP contribution in [0.1, 0.15) is 22.3 Å². The summed E-state index contributed by atoms with van der Waals surface area (Å²) in [5, 5.41) is 2.89. The number of methoxy groups -OCH3 is 1. The van der Waals surface area contributed by atoms with Crippen molar-refractivity contribution in [2.24, 2.45) is 0 Å². The van der Waals surface area contributed by atoms with Crippen LogP contribution in [0.5, 0.6) is 0 Å².